The molecule has 2 heterocycles. The predicted molar refractivity (Wildman–Crippen MR) is 110 cm³/mol. The molecule has 150 valence electrons. The van der Waals surface area contributed by atoms with E-state index >= 15 is 0 Å². The number of carbonyl (C=O) groups excluding carboxylic acids is 2. The van der Waals surface area contributed by atoms with Gasteiger partial charge in [0, 0.05) is 24.5 Å². The molecule has 0 radical (unpaired) electrons. The highest BCUT2D eigenvalue weighted by atomic mass is 19.1. The first kappa shape index (κ1) is 19.5. The van der Waals surface area contributed by atoms with Crippen LogP contribution >= 0.6 is 0 Å². The Morgan fingerprint density at radius 1 is 0.967 bits per heavy atom. The molecule has 1 fully saturated rings. The summed E-state index contributed by atoms with van der Waals surface area (Å²) in [6.07, 6.45) is 3.61. The number of aliphatic hydroxyl groups is 1. The molecule has 1 aliphatic heterocycles. The second-order valence-corrected chi connectivity index (χ2v) is 7.02. The molecule has 4 rings (SSSR count). The van der Waals surface area contributed by atoms with E-state index in [-0.39, 0.29) is 23.7 Å². The van der Waals surface area contributed by atoms with Crippen LogP contribution in [0.15, 0.2) is 84.7 Å². The van der Waals surface area contributed by atoms with E-state index < -0.39 is 17.7 Å². The molecule has 3 aromatic rings. The molecule has 1 atom stereocenters. The van der Waals surface area contributed by atoms with Crippen LogP contribution in [0.2, 0.25) is 0 Å². The summed E-state index contributed by atoms with van der Waals surface area (Å²) in [5.41, 5.74) is 2.04. The van der Waals surface area contributed by atoms with Crippen molar-refractivity contribution in [1.29, 1.82) is 0 Å². The van der Waals surface area contributed by atoms with Gasteiger partial charge >= 0.3 is 0 Å². The fourth-order valence-corrected chi connectivity index (χ4v) is 3.66. The van der Waals surface area contributed by atoms with Gasteiger partial charge in [-0.3, -0.25) is 14.6 Å². The summed E-state index contributed by atoms with van der Waals surface area (Å²) < 4.78 is 13.2. The minimum atomic E-state index is -0.728. The Morgan fingerprint density at radius 3 is 2.30 bits per heavy atom. The molecule has 2 aromatic carbocycles. The Labute approximate surface area is 173 Å². The van der Waals surface area contributed by atoms with E-state index in [1.165, 1.54) is 17.0 Å². The number of hydrogen-bond donors (Lipinski definition) is 1. The number of likely N-dealkylation sites (tertiary alicyclic amines) is 1. The Kier molecular flexibility index (Phi) is 5.39. The van der Waals surface area contributed by atoms with Gasteiger partial charge in [-0.2, -0.15) is 0 Å². The lowest BCUT2D eigenvalue weighted by Crippen LogP contribution is -2.31. The third-order valence-corrected chi connectivity index (χ3v) is 5.16. The van der Waals surface area contributed by atoms with Crippen molar-refractivity contribution in [2.45, 2.75) is 12.5 Å². The molecule has 6 heteroatoms. The van der Waals surface area contributed by atoms with Crippen LogP contribution in [-0.4, -0.2) is 33.2 Å². The van der Waals surface area contributed by atoms with E-state index in [9.17, 15) is 19.1 Å². The molecule has 30 heavy (non-hydrogen) atoms. The van der Waals surface area contributed by atoms with Crippen molar-refractivity contribution >= 4 is 17.4 Å². The molecule has 1 N–H and O–H groups in total. The standard InChI is InChI=1S/C24H19FN2O3/c25-19-8-6-16(7-9-19)12-15-27-21(17-10-13-26-14-11-17)20(23(29)24(27)30)22(28)18-4-2-1-3-5-18/h1-11,13-14,21,28H,12,15H2/b22-20-. The van der Waals surface area contributed by atoms with Gasteiger partial charge < -0.3 is 10.0 Å². The van der Waals surface area contributed by atoms with Crippen LogP contribution in [-0.2, 0) is 16.0 Å². The number of ketones is 1. The fraction of sp³-hybridized carbons (Fsp3) is 0.125. The molecule has 0 bridgehead atoms. The summed E-state index contributed by atoms with van der Waals surface area (Å²) in [5.74, 6) is -1.94. The lowest BCUT2D eigenvalue weighted by atomic mass is 9.96. The van der Waals surface area contributed by atoms with Gasteiger partial charge in [-0.1, -0.05) is 42.5 Å². The molecular weight excluding hydrogens is 383 g/mol. The molecule has 0 saturated carbocycles. The van der Waals surface area contributed by atoms with Crippen molar-refractivity contribution in [3.05, 3.63) is 107 Å². The second kappa shape index (κ2) is 8.29. The molecule has 1 saturated heterocycles. The first-order valence-corrected chi connectivity index (χ1v) is 9.54. The van der Waals surface area contributed by atoms with Crippen LogP contribution in [0.5, 0.6) is 0 Å². The zero-order chi connectivity index (χ0) is 21.1. The number of Topliss-reactive ketones (excluding diaryl/α,β-unsaturated/α-hetero) is 1. The second-order valence-electron chi connectivity index (χ2n) is 7.02. The minimum absolute atomic E-state index is 0.0523. The zero-order valence-corrected chi connectivity index (χ0v) is 16.0. The number of hydrogen-bond acceptors (Lipinski definition) is 4. The number of halogens is 1. The molecule has 1 aliphatic rings. The van der Waals surface area contributed by atoms with Crippen molar-refractivity contribution in [2.75, 3.05) is 6.54 Å². The Morgan fingerprint density at radius 2 is 1.63 bits per heavy atom. The zero-order valence-electron chi connectivity index (χ0n) is 16.0. The average Bonchev–Trinajstić information content (AvgIpc) is 3.04. The van der Waals surface area contributed by atoms with Crippen molar-refractivity contribution < 1.29 is 19.1 Å². The van der Waals surface area contributed by atoms with E-state index in [4.69, 9.17) is 0 Å². The molecule has 1 unspecified atom stereocenters. The fourth-order valence-electron chi connectivity index (χ4n) is 3.66. The van der Waals surface area contributed by atoms with E-state index in [2.05, 4.69) is 4.98 Å². The number of pyridine rings is 1. The SMILES string of the molecule is O=C1C(=O)N(CCc2ccc(F)cc2)C(c2ccncc2)/C1=C(/O)c1ccccc1. The quantitative estimate of drug-likeness (QED) is 0.399. The summed E-state index contributed by atoms with van der Waals surface area (Å²) in [7, 11) is 0. The van der Waals surface area contributed by atoms with Gasteiger partial charge in [-0.15, -0.1) is 0 Å². The van der Waals surface area contributed by atoms with Gasteiger partial charge in [0.25, 0.3) is 11.7 Å². The van der Waals surface area contributed by atoms with Gasteiger partial charge in [0.2, 0.25) is 0 Å². The maximum Gasteiger partial charge on any atom is 0.295 e. The maximum absolute atomic E-state index is 13.2. The molecule has 1 amide bonds. The molecular formula is C24H19FN2O3. The van der Waals surface area contributed by atoms with Gasteiger partial charge in [-0.25, -0.2) is 4.39 Å². The lowest BCUT2D eigenvalue weighted by Gasteiger charge is -2.25. The van der Waals surface area contributed by atoms with E-state index in [0.29, 0.717) is 17.5 Å². The van der Waals surface area contributed by atoms with Crippen molar-refractivity contribution in [3.63, 3.8) is 0 Å². The van der Waals surface area contributed by atoms with Crippen molar-refractivity contribution in [3.8, 4) is 0 Å². The molecule has 1 aromatic heterocycles. The van der Waals surface area contributed by atoms with Gasteiger partial charge in [0.15, 0.2) is 0 Å². The summed E-state index contributed by atoms with van der Waals surface area (Å²) in [6.45, 7) is 0.245. The Hall–Kier alpha value is -3.80. The predicted octanol–water partition coefficient (Wildman–Crippen LogP) is 3.89. The van der Waals surface area contributed by atoms with Gasteiger partial charge in [-0.05, 0) is 41.8 Å². The van der Waals surface area contributed by atoms with Crippen LogP contribution in [0.1, 0.15) is 22.7 Å². The molecule has 5 nitrogen and oxygen atoms in total. The number of amides is 1. The van der Waals surface area contributed by atoms with E-state index in [0.717, 1.165) is 5.56 Å². The highest BCUT2D eigenvalue weighted by Gasteiger charge is 2.45. The minimum Gasteiger partial charge on any atom is -0.507 e. The van der Waals surface area contributed by atoms with Gasteiger partial charge in [0.05, 0.1) is 11.6 Å². The molecule has 0 spiro atoms. The topological polar surface area (TPSA) is 70.5 Å². The lowest BCUT2D eigenvalue weighted by molar-refractivity contribution is -0.139. The van der Waals surface area contributed by atoms with Crippen LogP contribution in [0.4, 0.5) is 4.39 Å². The number of aromatic nitrogens is 1. The normalized spacial score (nSPS) is 18.0. The van der Waals surface area contributed by atoms with Crippen LogP contribution in [0, 0.1) is 5.82 Å². The van der Waals surface area contributed by atoms with Crippen LogP contribution < -0.4 is 0 Å². The van der Waals surface area contributed by atoms with Gasteiger partial charge in [0.1, 0.15) is 11.6 Å². The number of nitrogens with zero attached hydrogens (tertiary/aromatic N) is 2. The smallest absolute Gasteiger partial charge is 0.295 e. The largest absolute Gasteiger partial charge is 0.507 e. The average molecular weight is 402 g/mol. The Balaban J connectivity index is 1.74. The molecule has 0 aliphatic carbocycles. The van der Waals surface area contributed by atoms with E-state index in [1.54, 1.807) is 67.0 Å². The number of aliphatic hydroxyl groups excluding tert-OH is 1. The van der Waals surface area contributed by atoms with E-state index in [1.807, 2.05) is 0 Å². The maximum atomic E-state index is 13.2. The monoisotopic (exact) mass is 402 g/mol. The third-order valence-electron chi connectivity index (χ3n) is 5.16. The van der Waals surface area contributed by atoms with Crippen LogP contribution in [0.3, 0.4) is 0 Å². The third kappa shape index (κ3) is 3.72. The van der Waals surface area contributed by atoms with Crippen molar-refractivity contribution in [1.82, 2.24) is 9.88 Å². The summed E-state index contributed by atoms with van der Waals surface area (Å²) in [6, 6.07) is 17.4. The van der Waals surface area contributed by atoms with Crippen LogP contribution in [0.25, 0.3) is 5.76 Å². The number of carbonyl (C=O) groups is 2. The first-order valence-electron chi connectivity index (χ1n) is 9.54. The summed E-state index contributed by atoms with van der Waals surface area (Å²) >= 11 is 0. The Bertz CT molecular complexity index is 1100. The highest BCUT2D eigenvalue weighted by molar-refractivity contribution is 6.46. The number of benzene rings is 2. The highest BCUT2D eigenvalue weighted by Crippen LogP contribution is 2.39. The van der Waals surface area contributed by atoms with Crippen molar-refractivity contribution in [2.24, 2.45) is 0 Å². The number of rotatable bonds is 5. The first-order chi connectivity index (χ1) is 14.6. The summed E-state index contributed by atoms with van der Waals surface area (Å²) in [4.78, 5) is 31.2. The summed E-state index contributed by atoms with van der Waals surface area (Å²) in [5, 5.41) is 10.9.